The van der Waals surface area contributed by atoms with Gasteiger partial charge >= 0.3 is 0 Å². The Balaban J connectivity index is 1.83. The van der Waals surface area contributed by atoms with Gasteiger partial charge in [-0.1, -0.05) is 6.07 Å². The summed E-state index contributed by atoms with van der Waals surface area (Å²) in [7, 11) is 0. The molecule has 3 aromatic rings. The summed E-state index contributed by atoms with van der Waals surface area (Å²) in [6.45, 7) is 0. The minimum Gasteiger partial charge on any atom is -0.457 e. The molecule has 0 atom stereocenters. The van der Waals surface area contributed by atoms with Gasteiger partial charge in [0.1, 0.15) is 23.5 Å². The van der Waals surface area contributed by atoms with Gasteiger partial charge in [-0.05, 0) is 36.4 Å². The van der Waals surface area contributed by atoms with Crippen molar-refractivity contribution in [3.05, 3.63) is 82.0 Å². The van der Waals surface area contributed by atoms with E-state index in [0.29, 0.717) is 22.7 Å². The lowest BCUT2D eigenvalue weighted by atomic mass is 10.2. The Kier molecular flexibility index (Phi) is 5.14. The van der Waals surface area contributed by atoms with Crippen LogP contribution in [0.15, 0.2) is 60.8 Å². The molecule has 1 amide bonds. The highest BCUT2D eigenvalue weighted by molar-refractivity contribution is 5.98. The average Bonchev–Trinajstić information content (AvgIpc) is 2.69. The van der Waals surface area contributed by atoms with Gasteiger partial charge < -0.3 is 15.8 Å². The van der Waals surface area contributed by atoms with Crippen molar-refractivity contribution in [1.82, 2.24) is 4.98 Å². The molecule has 9 nitrogen and oxygen atoms in total. The molecule has 2 aromatic carbocycles. The number of amides is 1. The van der Waals surface area contributed by atoms with Crippen LogP contribution in [0.2, 0.25) is 0 Å². The fraction of sp³-hybridized carbons (Fsp3) is 0. The van der Waals surface area contributed by atoms with Crippen LogP contribution in [0.25, 0.3) is 0 Å². The Hall–Kier alpha value is -4.45. The van der Waals surface area contributed by atoms with Crippen LogP contribution in [0.5, 0.6) is 11.5 Å². The molecule has 0 unspecified atom stereocenters. The summed E-state index contributed by atoms with van der Waals surface area (Å²) in [6.07, 6.45) is 1.03. The predicted molar refractivity (Wildman–Crippen MR) is 100 cm³/mol. The summed E-state index contributed by atoms with van der Waals surface area (Å²) in [6, 6.07) is 16.5. The first-order valence-corrected chi connectivity index (χ1v) is 7.95. The van der Waals surface area contributed by atoms with Gasteiger partial charge in [-0.25, -0.2) is 4.98 Å². The second-order valence-electron chi connectivity index (χ2n) is 5.60. The molecule has 0 saturated carbocycles. The van der Waals surface area contributed by atoms with Crippen molar-refractivity contribution in [3.63, 3.8) is 0 Å². The fourth-order valence-electron chi connectivity index (χ4n) is 2.35. The van der Waals surface area contributed by atoms with E-state index in [0.717, 1.165) is 12.3 Å². The SMILES string of the molecule is N#Cc1ccc(Oc2cccc(Nc3ncc([N+](=O)[O-])cc3C(N)=O)c2)cc1. The average molecular weight is 375 g/mol. The van der Waals surface area contributed by atoms with E-state index in [4.69, 9.17) is 15.7 Å². The Morgan fingerprint density at radius 3 is 2.57 bits per heavy atom. The van der Waals surface area contributed by atoms with E-state index in [-0.39, 0.29) is 17.1 Å². The molecule has 0 aliphatic carbocycles. The quantitative estimate of drug-likeness (QED) is 0.495. The number of rotatable bonds is 6. The van der Waals surface area contributed by atoms with Gasteiger partial charge in [-0.3, -0.25) is 14.9 Å². The number of nitriles is 1. The van der Waals surface area contributed by atoms with Gasteiger partial charge in [0.2, 0.25) is 0 Å². The molecule has 1 aromatic heterocycles. The molecule has 0 aliphatic rings. The number of hydrogen-bond acceptors (Lipinski definition) is 7. The largest absolute Gasteiger partial charge is 0.457 e. The maximum Gasteiger partial charge on any atom is 0.288 e. The summed E-state index contributed by atoms with van der Waals surface area (Å²) < 4.78 is 5.73. The number of nitrogens with two attached hydrogens (primary N) is 1. The Bertz CT molecular complexity index is 1090. The molecule has 0 saturated heterocycles. The number of carbonyl (C=O) groups is 1. The smallest absolute Gasteiger partial charge is 0.288 e. The number of pyridine rings is 1. The number of anilines is 2. The molecule has 3 rings (SSSR count). The van der Waals surface area contributed by atoms with Crippen LogP contribution in [0.3, 0.4) is 0 Å². The second-order valence-corrected chi connectivity index (χ2v) is 5.60. The number of benzene rings is 2. The summed E-state index contributed by atoms with van der Waals surface area (Å²) in [4.78, 5) is 25.7. The number of hydrogen-bond donors (Lipinski definition) is 2. The Labute approximate surface area is 159 Å². The molecule has 1 heterocycles. The van der Waals surface area contributed by atoms with Gasteiger partial charge in [-0.15, -0.1) is 0 Å². The third-order valence-corrected chi connectivity index (χ3v) is 3.67. The summed E-state index contributed by atoms with van der Waals surface area (Å²) >= 11 is 0. The molecule has 0 fully saturated rings. The zero-order chi connectivity index (χ0) is 20.1. The van der Waals surface area contributed by atoms with E-state index in [1.807, 2.05) is 6.07 Å². The number of nitrogens with zero attached hydrogens (tertiary/aromatic N) is 3. The molecule has 28 heavy (non-hydrogen) atoms. The van der Waals surface area contributed by atoms with Gasteiger partial charge in [0.15, 0.2) is 0 Å². The highest BCUT2D eigenvalue weighted by Crippen LogP contribution is 2.27. The number of nitrogens with one attached hydrogen (secondary N) is 1. The van der Waals surface area contributed by atoms with E-state index in [9.17, 15) is 14.9 Å². The van der Waals surface area contributed by atoms with E-state index < -0.39 is 10.8 Å². The molecule has 9 heteroatoms. The lowest BCUT2D eigenvalue weighted by molar-refractivity contribution is -0.385. The second kappa shape index (κ2) is 7.84. The first kappa shape index (κ1) is 18.3. The number of aromatic nitrogens is 1. The monoisotopic (exact) mass is 375 g/mol. The van der Waals surface area contributed by atoms with Crippen molar-refractivity contribution in [2.24, 2.45) is 5.73 Å². The summed E-state index contributed by atoms with van der Waals surface area (Å²) in [5.41, 5.74) is 5.92. The van der Waals surface area contributed by atoms with Crippen LogP contribution >= 0.6 is 0 Å². The van der Waals surface area contributed by atoms with Gasteiger partial charge in [0.25, 0.3) is 11.6 Å². The van der Waals surface area contributed by atoms with E-state index in [1.54, 1.807) is 48.5 Å². The molecular weight excluding hydrogens is 362 g/mol. The third-order valence-electron chi connectivity index (χ3n) is 3.67. The molecule has 0 radical (unpaired) electrons. The molecule has 0 bridgehead atoms. The maximum atomic E-state index is 11.6. The van der Waals surface area contributed by atoms with E-state index in [1.165, 1.54) is 0 Å². The van der Waals surface area contributed by atoms with Crippen molar-refractivity contribution in [2.75, 3.05) is 5.32 Å². The van der Waals surface area contributed by atoms with Gasteiger partial charge in [0.05, 0.1) is 22.1 Å². The topological polar surface area (TPSA) is 144 Å². The number of ether oxygens (including phenoxy) is 1. The summed E-state index contributed by atoms with van der Waals surface area (Å²) in [5.74, 6) is 0.289. The molecular formula is C19H13N5O4. The zero-order valence-corrected chi connectivity index (χ0v) is 14.3. The van der Waals surface area contributed by atoms with Crippen LogP contribution < -0.4 is 15.8 Å². The normalized spacial score (nSPS) is 9.96. The van der Waals surface area contributed by atoms with Crippen LogP contribution in [0.1, 0.15) is 15.9 Å². The first-order chi connectivity index (χ1) is 13.5. The van der Waals surface area contributed by atoms with Crippen molar-refractivity contribution in [3.8, 4) is 17.6 Å². The minimum atomic E-state index is -0.844. The molecule has 0 aliphatic heterocycles. The van der Waals surface area contributed by atoms with Crippen LogP contribution in [0, 0.1) is 21.4 Å². The highest BCUT2D eigenvalue weighted by Gasteiger charge is 2.16. The van der Waals surface area contributed by atoms with Crippen LogP contribution in [-0.4, -0.2) is 15.8 Å². The summed E-state index contributed by atoms with van der Waals surface area (Å²) in [5, 5.41) is 22.6. The van der Waals surface area contributed by atoms with Gasteiger partial charge in [-0.2, -0.15) is 5.26 Å². The lowest BCUT2D eigenvalue weighted by Gasteiger charge is -2.11. The third kappa shape index (κ3) is 4.20. The molecule has 3 N–H and O–H groups in total. The van der Waals surface area contributed by atoms with Crippen LogP contribution in [0.4, 0.5) is 17.2 Å². The van der Waals surface area contributed by atoms with Crippen molar-refractivity contribution < 1.29 is 14.5 Å². The van der Waals surface area contributed by atoms with Crippen LogP contribution in [-0.2, 0) is 0 Å². The van der Waals surface area contributed by atoms with Gasteiger partial charge in [0, 0.05) is 17.8 Å². The Morgan fingerprint density at radius 2 is 1.93 bits per heavy atom. The molecule has 0 spiro atoms. The number of carbonyl (C=O) groups excluding carboxylic acids is 1. The highest BCUT2D eigenvalue weighted by atomic mass is 16.6. The van der Waals surface area contributed by atoms with Crippen molar-refractivity contribution in [1.29, 1.82) is 5.26 Å². The number of nitro groups is 1. The van der Waals surface area contributed by atoms with Crippen molar-refractivity contribution >= 4 is 23.1 Å². The number of primary amides is 1. The standard InChI is InChI=1S/C19H13N5O4/c20-10-12-4-6-15(7-5-12)28-16-3-1-2-13(8-16)23-19-17(18(21)25)9-14(11-22-19)24(26)27/h1-9,11H,(H2,21,25)(H,22,23). The van der Waals surface area contributed by atoms with E-state index in [2.05, 4.69) is 10.3 Å². The minimum absolute atomic E-state index is 0.0913. The zero-order valence-electron chi connectivity index (χ0n) is 14.3. The predicted octanol–water partition coefficient (Wildman–Crippen LogP) is 3.50. The van der Waals surface area contributed by atoms with E-state index >= 15 is 0 Å². The maximum absolute atomic E-state index is 11.6. The van der Waals surface area contributed by atoms with Crippen molar-refractivity contribution in [2.45, 2.75) is 0 Å². The fourth-order valence-corrected chi connectivity index (χ4v) is 2.35. The first-order valence-electron chi connectivity index (χ1n) is 7.95. The molecule has 138 valence electrons. The Morgan fingerprint density at radius 1 is 1.18 bits per heavy atom. The lowest BCUT2D eigenvalue weighted by Crippen LogP contribution is -2.14.